The van der Waals surface area contributed by atoms with E-state index in [9.17, 15) is 0 Å². The predicted octanol–water partition coefficient (Wildman–Crippen LogP) is 3.75. The molecular formula is C23H23ClN8S. The number of pyridine rings is 2. The average Bonchev–Trinajstić information content (AvgIpc) is 3.44. The van der Waals surface area contributed by atoms with E-state index in [2.05, 4.69) is 25.9 Å². The molecule has 1 atom stereocenters. The molecule has 6 rings (SSSR count). The van der Waals surface area contributed by atoms with Gasteiger partial charge in [0.2, 0.25) is 5.95 Å². The number of rotatable bonds is 3. The average molecular weight is 480 g/mol. The first-order chi connectivity index (χ1) is 16.5. The number of aromatic nitrogens is 5. The molecule has 1 saturated heterocycles. The van der Waals surface area contributed by atoms with Crippen LogP contribution in [0.4, 0.5) is 11.8 Å². The van der Waals surface area contributed by atoms with Gasteiger partial charge in [0, 0.05) is 60.7 Å². The maximum absolute atomic E-state index is 8.18. The van der Waals surface area contributed by atoms with E-state index in [0.29, 0.717) is 4.90 Å². The highest BCUT2D eigenvalue weighted by Gasteiger charge is 2.46. The van der Waals surface area contributed by atoms with Gasteiger partial charge in [-0.15, -0.1) is 0 Å². The predicted molar refractivity (Wildman–Crippen MR) is 130 cm³/mol. The molecule has 1 spiro atoms. The zero-order valence-electron chi connectivity index (χ0n) is 18.8. The normalized spacial score (nSPS) is 19.8. The number of hydrogen-bond acceptors (Lipinski definition) is 8. The van der Waals surface area contributed by atoms with Crippen LogP contribution in [0.15, 0.2) is 59.0 Å². The summed E-state index contributed by atoms with van der Waals surface area (Å²) in [4.78, 5) is 21.5. The summed E-state index contributed by atoms with van der Waals surface area (Å²) in [6.07, 6.45) is 11.6. The van der Waals surface area contributed by atoms with Crippen LogP contribution in [0.2, 0.25) is 5.02 Å². The van der Waals surface area contributed by atoms with Crippen LogP contribution in [0.3, 0.4) is 0 Å². The van der Waals surface area contributed by atoms with E-state index in [0.717, 1.165) is 54.5 Å². The molecule has 4 N–H and O–H groups in total. The maximum atomic E-state index is 8.18. The van der Waals surface area contributed by atoms with E-state index in [1.807, 2.05) is 22.9 Å². The summed E-state index contributed by atoms with van der Waals surface area (Å²) in [5, 5.41) is 0.274. The van der Waals surface area contributed by atoms with Crippen molar-refractivity contribution in [3.05, 3.63) is 65.4 Å². The summed E-state index contributed by atoms with van der Waals surface area (Å²) in [5.41, 5.74) is 15.7. The van der Waals surface area contributed by atoms with Crippen molar-refractivity contribution in [1.29, 1.82) is 0 Å². The fourth-order valence-electron chi connectivity index (χ4n) is 5.06. The molecule has 33 heavy (non-hydrogen) atoms. The number of fused-ring (bicyclic) bond motifs is 2. The van der Waals surface area contributed by atoms with Crippen molar-refractivity contribution in [2.75, 3.05) is 23.7 Å². The molecule has 8 nitrogen and oxygen atoms in total. The van der Waals surface area contributed by atoms with Crippen LogP contribution < -0.4 is 16.4 Å². The molecule has 4 aromatic rings. The second-order valence-electron chi connectivity index (χ2n) is 8.62. The van der Waals surface area contributed by atoms with E-state index in [-0.39, 0.29) is 28.3 Å². The molecule has 5 heterocycles. The van der Waals surface area contributed by atoms with Gasteiger partial charge < -0.3 is 16.4 Å². The third-order valence-corrected chi connectivity index (χ3v) is 8.42. The number of nitrogen functional groups attached to an aromatic ring is 1. The molecule has 0 saturated carbocycles. The second-order valence-corrected chi connectivity index (χ2v) is 10.0. The molecule has 0 amide bonds. The van der Waals surface area contributed by atoms with Crippen LogP contribution in [-0.2, 0) is 6.42 Å². The molecule has 0 radical (unpaired) electrons. The molecule has 168 valence electrons. The topological polar surface area (TPSA) is 111 Å². The maximum Gasteiger partial charge on any atom is 0.211 e. The van der Waals surface area contributed by atoms with Gasteiger partial charge in [-0.2, -0.15) is 0 Å². The summed E-state index contributed by atoms with van der Waals surface area (Å²) >= 11 is 7.66. The summed E-state index contributed by atoms with van der Waals surface area (Å²) < 4.78 is 10.2. The quantitative estimate of drug-likeness (QED) is 0.457. The first kappa shape index (κ1) is 19.6. The van der Waals surface area contributed by atoms with Crippen molar-refractivity contribution < 1.29 is 1.37 Å². The molecule has 10 heteroatoms. The van der Waals surface area contributed by atoms with E-state index >= 15 is 0 Å². The lowest BCUT2D eigenvalue weighted by molar-refractivity contribution is 0.186. The van der Waals surface area contributed by atoms with Crippen LogP contribution in [0.25, 0.3) is 5.65 Å². The van der Waals surface area contributed by atoms with Crippen LogP contribution in [0.5, 0.6) is 0 Å². The molecule has 0 bridgehead atoms. The fraction of sp³-hybridized carbons (Fsp3) is 0.304. The van der Waals surface area contributed by atoms with Gasteiger partial charge in [-0.05, 0) is 42.3 Å². The molecule has 1 aliphatic carbocycles. The van der Waals surface area contributed by atoms with Gasteiger partial charge in [0.05, 0.1) is 11.3 Å². The van der Waals surface area contributed by atoms with Gasteiger partial charge in [0.1, 0.15) is 5.82 Å². The first-order valence-corrected chi connectivity index (χ1v) is 12.0. The van der Waals surface area contributed by atoms with Crippen molar-refractivity contribution >= 4 is 40.8 Å². The largest absolute Gasteiger partial charge is 0.382 e. The van der Waals surface area contributed by atoms with Crippen molar-refractivity contribution in [3.8, 4) is 0 Å². The Balaban J connectivity index is 1.27. The van der Waals surface area contributed by atoms with Gasteiger partial charge in [-0.3, -0.25) is 9.38 Å². The minimum absolute atomic E-state index is 0.0231. The SMILES string of the molecule is [2H]c1cnc(N)c(Cl)c1Sc1cnc(N2CCC3(CC2)Cc2ncccc2C3N)n2ccnc12. The zero-order valence-corrected chi connectivity index (χ0v) is 19.4. The molecule has 2 aliphatic rings. The highest BCUT2D eigenvalue weighted by atomic mass is 35.5. The summed E-state index contributed by atoms with van der Waals surface area (Å²) in [5.74, 6) is 1.05. The number of piperidine rings is 1. The lowest BCUT2D eigenvalue weighted by Crippen LogP contribution is -2.45. The third-order valence-electron chi connectivity index (χ3n) is 6.89. The Morgan fingerprint density at radius 3 is 2.79 bits per heavy atom. The Morgan fingerprint density at radius 2 is 1.97 bits per heavy atom. The standard InChI is InChI=1S/C23H23ClN8S/c24-18-16(3-7-28-20(18)26)33-17-13-30-22(32-11-8-29-21(17)32)31-9-4-23(5-10-31)12-15-14(19(23)25)2-1-6-27-15/h1-3,6-8,11,13,19H,4-5,9-10,12,25H2,(H2,26,28)/i3D. The van der Waals surface area contributed by atoms with E-state index in [4.69, 9.17) is 29.4 Å². The number of nitrogens with zero attached hydrogens (tertiary/aromatic N) is 6. The van der Waals surface area contributed by atoms with Crippen LogP contribution in [0.1, 0.15) is 31.5 Å². The Hall–Kier alpha value is -2.88. The van der Waals surface area contributed by atoms with Crippen LogP contribution in [-0.4, -0.2) is 37.4 Å². The lowest BCUT2D eigenvalue weighted by Gasteiger charge is -2.42. The summed E-state index contributed by atoms with van der Waals surface area (Å²) in [6.45, 7) is 1.72. The minimum Gasteiger partial charge on any atom is -0.382 e. The molecule has 1 fully saturated rings. The third kappa shape index (κ3) is 3.34. The van der Waals surface area contributed by atoms with Gasteiger partial charge in [-0.25, -0.2) is 15.0 Å². The molecule has 4 aromatic heterocycles. The highest BCUT2D eigenvalue weighted by molar-refractivity contribution is 7.99. The Bertz CT molecular complexity index is 1400. The Morgan fingerprint density at radius 1 is 1.12 bits per heavy atom. The van der Waals surface area contributed by atoms with E-state index in [1.54, 1.807) is 12.4 Å². The van der Waals surface area contributed by atoms with Crippen molar-refractivity contribution in [2.45, 2.75) is 35.1 Å². The number of imidazole rings is 1. The monoisotopic (exact) mass is 479 g/mol. The Kier molecular flexibility index (Phi) is 4.66. The summed E-state index contributed by atoms with van der Waals surface area (Å²) in [7, 11) is 0. The molecular weight excluding hydrogens is 456 g/mol. The van der Waals surface area contributed by atoms with Crippen LogP contribution in [0, 0.1) is 5.41 Å². The smallest absolute Gasteiger partial charge is 0.211 e. The first-order valence-electron chi connectivity index (χ1n) is 11.3. The second kappa shape index (κ2) is 7.86. The number of nitrogens with two attached hydrogens (primary N) is 2. The van der Waals surface area contributed by atoms with Gasteiger partial charge in [0.25, 0.3) is 0 Å². The molecule has 0 aromatic carbocycles. The van der Waals surface area contributed by atoms with Gasteiger partial charge in [0.15, 0.2) is 5.65 Å². The van der Waals surface area contributed by atoms with Gasteiger partial charge in [-0.1, -0.05) is 29.4 Å². The van der Waals surface area contributed by atoms with Crippen LogP contribution >= 0.6 is 23.4 Å². The van der Waals surface area contributed by atoms with Crippen molar-refractivity contribution in [3.63, 3.8) is 0 Å². The van der Waals surface area contributed by atoms with Crippen molar-refractivity contribution in [1.82, 2.24) is 24.3 Å². The van der Waals surface area contributed by atoms with Crippen molar-refractivity contribution in [2.24, 2.45) is 11.1 Å². The fourth-order valence-corrected chi connectivity index (χ4v) is 6.16. The number of anilines is 2. The van der Waals surface area contributed by atoms with Gasteiger partial charge >= 0.3 is 0 Å². The highest BCUT2D eigenvalue weighted by Crippen LogP contribution is 2.50. The molecule has 1 unspecified atom stereocenters. The molecule has 1 aliphatic heterocycles. The van der Waals surface area contributed by atoms with E-state index in [1.165, 1.54) is 23.5 Å². The zero-order chi connectivity index (χ0) is 23.4. The summed E-state index contributed by atoms with van der Waals surface area (Å²) in [6, 6.07) is 4.33. The Labute approximate surface area is 201 Å². The number of halogens is 1. The number of hydrogen-bond donors (Lipinski definition) is 2. The minimum atomic E-state index is 0.0231. The van der Waals surface area contributed by atoms with E-state index < -0.39 is 0 Å². The lowest BCUT2D eigenvalue weighted by atomic mass is 9.73.